The van der Waals surface area contributed by atoms with Crippen LogP contribution in [0.1, 0.15) is 11.3 Å². The molecular formula is C15H11N2O. The molecule has 0 aliphatic carbocycles. The van der Waals surface area contributed by atoms with E-state index in [-0.39, 0.29) is 5.56 Å². The van der Waals surface area contributed by atoms with Gasteiger partial charge < -0.3 is 0 Å². The third-order valence-electron chi connectivity index (χ3n) is 2.93. The van der Waals surface area contributed by atoms with Crippen LogP contribution in [0.5, 0.6) is 0 Å². The van der Waals surface area contributed by atoms with Crippen LogP contribution in [-0.2, 0) is 6.42 Å². The summed E-state index contributed by atoms with van der Waals surface area (Å²) in [5, 5.41) is 8.30. The Bertz CT molecular complexity index is 732. The van der Waals surface area contributed by atoms with E-state index >= 15 is 0 Å². The van der Waals surface area contributed by atoms with Crippen molar-refractivity contribution in [1.82, 2.24) is 10.2 Å². The highest BCUT2D eigenvalue weighted by atomic mass is 16.1. The molecule has 18 heavy (non-hydrogen) atoms. The number of nitrogens with one attached hydrogen (secondary N) is 1. The largest absolute Gasteiger partial charge is 0.272 e. The summed E-state index contributed by atoms with van der Waals surface area (Å²) in [5.74, 6) is 0. The second-order valence-electron chi connectivity index (χ2n) is 4.13. The molecule has 0 fully saturated rings. The average Bonchev–Trinajstić information content (AvgIpc) is 2.44. The van der Waals surface area contributed by atoms with Crippen molar-refractivity contribution in [2.24, 2.45) is 0 Å². The molecule has 3 heteroatoms. The van der Waals surface area contributed by atoms with E-state index in [0.717, 1.165) is 16.6 Å². The number of nitrogens with zero attached hydrogens (tertiary/aromatic N) is 1. The van der Waals surface area contributed by atoms with E-state index in [1.807, 2.05) is 48.5 Å². The van der Waals surface area contributed by atoms with Crippen molar-refractivity contribution in [3.63, 3.8) is 0 Å². The van der Waals surface area contributed by atoms with Gasteiger partial charge in [-0.3, -0.25) is 4.79 Å². The second-order valence-corrected chi connectivity index (χ2v) is 4.13. The van der Waals surface area contributed by atoms with E-state index in [1.54, 1.807) is 0 Å². The Morgan fingerprint density at radius 1 is 1.06 bits per heavy atom. The number of hydrogen-bond acceptors (Lipinski definition) is 2. The van der Waals surface area contributed by atoms with Crippen LogP contribution in [0.2, 0.25) is 0 Å². The van der Waals surface area contributed by atoms with Crippen molar-refractivity contribution in [1.29, 1.82) is 0 Å². The topological polar surface area (TPSA) is 45.8 Å². The minimum absolute atomic E-state index is 0.143. The SMILES string of the molecule is O=c1[nH]nc(Cc2cc[c]cc2)c2ccccc12. The van der Waals surface area contributed by atoms with Crippen molar-refractivity contribution in [3.8, 4) is 0 Å². The Kier molecular flexibility index (Phi) is 2.65. The zero-order valence-corrected chi connectivity index (χ0v) is 9.68. The van der Waals surface area contributed by atoms with Crippen LogP contribution in [-0.4, -0.2) is 10.2 Å². The number of benzene rings is 2. The average molecular weight is 235 g/mol. The van der Waals surface area contributed by atoms with Gasteiger partial charge in [-0.25, -0.2) is 5.10 Å². The molecule has 3 rings (SSSR count). The van der Waals surface area contributed by atoms with Crippen LogP contribution in [0.3, 0.4) is 0 Å². The van der Waals surface area contributed by atoms with Crippen LogP contribution in [0.4, 0.5) is 0 Å². The maximum atomic E-state index is 11.7. The molecule has 0 amide bonds. The Balaban J connectivity index is 2.13. The summed E-state index contributed by atoms with van der Waals surface area (Å²) in [4.78, 5) is 11.7. The first-order valence-corrected chi connectivity index (χ1v) is 5.76. The van der Waals surface area contributed by atoms with Gasteiger partial charge in [-0.2, -0.15) is 5.10 Å². The molecule has 3 nitrogen and oxygen atoms in total. The molecular weight excluding hydrogens is 224 g/mol. The highest BCUT2D eigenvalue weighted by Gasteiger charge is 2.06. The highest BCUT2D eigenvalue weighted by molar-refractivity contribution is 5.83. The zero-order chi connectivity index (χ0) is 12.4. The predicted octanol–water partition coefficient (Wildman–Crippen LogP) is 2.31. The minimum atomic E-state index is -0.143. The number of aromatic nitrogens is 2. The van der Waals surface area contributed by atoms with Gasteiger partial charge in [0.2, 0.25) is 0 Å². The van der Waals surface area contributed by atoms with E-state index in [9.17, 15) is 4.79 Å². The van der Waals surface area contributed by atoms with E-state index in [0.29, 0.717) is 11.8 Å². The number of aromatic amines is 1. The molecule has 0 aliphatic rings. The third kappa shape index (κ3) is 1.91. The minimum Gasteiger partial charge on any atom is -0.267 e. The first kappa shape index (κ1) is 10.7. The fourth-order valence-electron chi connectivity index (χ4n) is 2.04. The molecule has 0 saturated heterocycles. The van der Waals surface area contributed by atoms with E-state index < -0.39 is 0 Å². The lowest BCUT2D eigenvalue weighted by Crippen LogP contribution is -2.11. The van der Waals surface area contributed by atoms with Crippen LogP contribution >= 0.6 is 0 Å². The van der Waals surface area contributed by atoms with Crippen LogP contribution in [0.25, 0.3) is 10.8 Å². The lowest BCUT2D eigenvalue weighted by molar-refractivity contribution is 0.934. The van der Waals surface area contributed by atoms with Crippen molar-refractivity contribution in [3.05, 3.63) is 76.2 Å². The summed E-state index contributed by atoms with van der Waals surface area (Å²) >= 11 is 0. The number of rotatable bonds is 2. The lowest BCUT2D eigenvalue weighted by atomic mass is 10.0. The van der Waals surface area contributed by atoms with E-state index in [2.05, 4.69) is 16.3 Å². The van der Waals surface area contributed by atoms with Crippen molar-refractivity contribution < 1.29 is 0 Å². The van der Waals surface area contributed by atoms with Gasteiger partial charge in [0.1, 0.15) is 0 Å². The summed E-state index contributed by atoms with van der Waals surface area (Å²) in [6.07, 6.45) is 0.700. The van der Waals surface area contributed by atoms with Gasteiger partial charge >= 0.3 is 0 Å². The molecule has 0 bridgehead atoms. The van der Waals surface area contributed by atoms with Crippen LogP contribution < -0.4 is 5.56 Å². The molecule has 0 aliphatic heterocycles. The molecule has 0 spiro atoms. The van der Waals surface area contributed by atoms with E-state index in [4.69, 9.17) is 0 Å². The van der Waals surface area contributed by atoms with Gasteiger partial charge in [0.05, 0.1) is 11.1 Å². The smallest absolute Gasteiger partial charge is 0.267 e. The maximum absolute atomic E-state index is 11.7. The molecule has 2 aromatic carbocycles. The van der Waals surface area contributed by atoms with Crippen molar-refractivity contribution in [2.75, 3.05) is 0 Å². The Morgan fingerprint density at radius 2 is 1.78 bits per heavy atom. The van der Waals surface area contributed by atoms with Gasteiger partial charge in [0, 0.05) is 11.8 Å². The van der Waals surface area contributed by atoms with Gasteiger partial charge in [0.15, 0.2) is 0 Å². The first-order valence-electron chi connectivity index (χ1n) is 5.76. The first-order chi connectivity index (χ1) is 8.84. The summed E-state index contributed by atoms with van der Waals surface area (Å²) in [6, 6.07) is 18.3. The molecule has 1 N–H and O–H groups in total. The summed E-state index contributed by atoms with van der Waals surface area (Å²) in [7, 11) is 0. The molecule has 1 aromatic heterocycles. The Morgan fingerprint density at radius 3 is 2.56 bits per heavy atom. The normalized spacial score (nSPS) is 10.7. The summed E-state index contributed by atoms with van der Waals surface area (Å²) in [6.45, 7) is 0. The Labute approximate surface area is 104 Å². The Hall–Kier alpha value is -2.42. The summed E-state index contributed by atoms with van der Waals surface area (Å²) in [5.41, 5.74) is 1.89. The summed E-state index contributed by atoms with van der Waals surface area (Å²) < 4.78 is 0. The number of fused-ring (bicyclic) bond motifs is 1. The molecule has 1 heterocycles. The lowest BCUT2D eigenvalue weighted by Gasteiger charge is -2.04. The molecule has 0 saturated carbocycles. The quantitative estimate of drug-likeness (QED) is 0.740. The van der Waals surface area contributed by atoms with Crippen LogP contribution in [0, 0.1) is 6.07 Å². The standard InChI is InChI=1S/C15H11N2O/c18-15-13-9-5-4-8-12(13)14(16-17-15)10-11-6-2-1-3-7-11/h2-9H,10H2,(H,17,18). The maximum Gasteiger partial charge on any atom is 0.272 e. The van der Waals surface area contributed by atoms with Gasteiger partial charge in [0.25, 0.3) is 5.56 Å². The van der Waals surface area contributed by atoms with Crippen molar-refractivity contribution in [2.45, 2.75) is 6.42 Å². The predicted molar refractivity (Wildman–Crippen MR) is 70.4 cm³/mol. The molecule has 87 valence electrons. The van der Waals surface area contributed by atoms with Gasteiger partial charge in [-0.15, -0.1) is 0 Å². The highest BCUT2D eigenvalue weighted by Crippen LogP contribution is 2.15. The van der Waals surface area contributed by atoms with Gasteiger partial charge in [-0.05, 0) is 17.7 Å². The molecule has 1 radical (unpaired) electrons. The number of hydrogen-bond donors (Lipinski definition) is 1. The molecule has 3 aromatic rings. The zero-order valence-electron chi connectivity index (χ0n) is 9.68. The van der Waals surface area contributed by atoms with Crippen LogP contribution in [0.15, 0.2) is 53.3 Å². The fraction of sp³-hybridized carbons (Fsp3) is 0.0667. The fourth-order valence-corrected chi connectivity index (χ4v) is 2.04. The van der Waals surface area contributed by atoms with Crippen molar-refractivity contribution >= 4 is 10.8 Å². The third-order valence-corrected chi connectivity index (χ3v) is 2.93. The monoisotopic (exact) mass is 235 g/mol. The molecule has 0 unspecified atom stereocenters. The number of H-pyrrole nitrogens is 1. The van der Waals surface area contributed by atoms with Gasteiger partial charge in [-0.1, -0.05) is 42.5 Å². The van der Waals surface area contributed by atoms with E-state index in [1.165, 1.54) is 0 Å². The molecule has 0 atom stereocenters. The second kappa shape index (κ2) is 4.45.